The van der Waals surface area contributed by atoms with Crippen LogP contribution in [0.15, 0.2) is 56.6 Å². The van der Waals surface area contributed by atoms with Crippen molar-refractivity contribution in [3.63, 3.8) is 0 Å². The highest BCUT2D eigenvalue weighted by molar-refractivity contribution is 7.89. The number of rotatable bonds is 7. The van der Waals surface area contributed by atoms with Crippen molar-refractivity contribution in [3.8, 4) is 0 Å². The number of nitrogens with zero attached hydrogens (tertiary/aromatic N) is 2. The molecule has 0 saturated carbocycles. The van der Waals surface area contributed by atoms with Crippen molar-refractivity contribution in [1.29, 1.82) is 0 Å². The number of anilines is 1. The molecule has 3 aromatic rings. The second-order valence-corrected chi connectivity index (χ2v) is 8.53. The average molecular weight is 417 g/mol. The van der Waals surface area contributed by atoms with E-state index < -0.39 is 21.7 Å². The van der Waals surface area contributed by atoms with Crippen LogP contribution >= 0.6 is 0 Å². The first-order chi connectivity index (χ1) is 13.8. The fourth-order valence-corrected chi connectivity index (χ4v) is 4.52. The Balaban J connectivity index is 1.88. The summed E-state index contributed by atoms with van der Waals surface area (Å²) in [5, 5.41) is 2.72. The Kier molecular flexibility index (Phi) is 5.90. The third-order valence-corrected chi connectivity index (χ3v) is 6.67. The number of aryl methyl sites for hydroxylation is 1. The number of hydrogen-bond donors (Lipinski definition) is 1. The van der Waals surface area contributed by atoms with E-state index in [0.29, 0.717) is 24.3 Å². The highest BCUT2D eigenvalue weighted by atomic mass is 32.2. The highest BCUT2D eigenvalue weighted by Crippen LogP contribution is 2.21. The number of amides is 1. The molecule has 0 aliphatic carbocycles. The van der Waals surface area contributed by atoms with Crippen molar-refractivity contribution in [2.45, 2.75) is 32.2 Å². The van der Waals surface area contributed by atoms with Crippen LogP contribution in [0.3, 0.4) is 0 Å². The molecule has 0 unspecified atom stereocenters. The van der Waals surface area contributed by atoms with Crippen molar-refractivity contribution < 1.29 is 17.6 Å². The third-order valence-electron chi connectivity index (χ3n) is 4.62. The Morgan fingerprint density at radius 2 is 1.76 bits per heavy atom. The van der Waals surface area contributed by atoms with Crippen LogP contribution in [0.4, 0.5) is 5.69 Å². The van der Waals surface area contributed by atoms with Gasteiger partial charge in [-0.05, 0) is 31.2 Å². The first-order valence-corrected chi connectivity index (χ1v) is 10.7. The molecule has 0 radical (unpaired) electrons. The van der Waals surface area contributed by atoms with Crippen LogP contribution in [0.2, 0.25) is 0 Å². The normalized spacial score (nSPS) is 11.9. The lowest BCUT2D eigenvalue weighted by Gasteiger charge is -2.18. The van der Waals surface area contributed by atoms with Gasteiger partial charge in [0.25, 0.3) is 0 Å². The third kappa shape index (κ3) is 4.25. The van der Waals surface area contributed by atoms with Crippen LogP contribution < -0.4 is 11.1 Å². The molecule has 29 heavy (non-hydrogen) atoms. The van der Waals surface area contributed by atoms with Gasteiger partial charge < -0.3 is 9.73 Å². The minimum Gasteiger partial charge on any atom is -0.408 e. The lowest BCUT2D eigenvalue weighted by atomic mass is 10.2. The molecule has 0 fully saturated rings. The second-order valence-electron chi connectivity index (χ2n) is 6.59. The molecule has 3 rings (SSSR count). The fourth-order valence-electron chi connectivity index (χ4n) is 3.05. The van der Waals surface area contributed by atoms with E-state index in [-0.39, 0.29) is 17.0 Å². The zero-order valence-electron chi connectivity index (χ0n) is 16.5. The summed E-state index contributed by atoms with van der Waals surface area (Å²) in [5.74, 6) is -1.12. The van der Waals surface area contributed by atoms with Gasteiger partial charge in [-0.3, -0.25) is 9.36 Å². The Labute approximate surface area is 168 Å². The van der Waals surface area contributed by atoms with Crippen molar-refractivity contribution in [3.05, 3.63) is 58.6 Å². The standard InChI is InChI=1S/C20H23N3O5S/c1-4-22(5-2)29(26,27)16-10-11-17-18(12-16)28-20(25)23(17)13-19(24)21-15-8-6-14(3)7-9-15/h6-12H,4-5,13H2,1-3H3,(H,21,24). The fraction of sp³-hybridized carbons (Fsp3) is 0.300. The molecule has 2 aromatic carbocycles. The average Bonchev–Trinajstić information content (AvgIpc) is 2.99. The van der Waals surface area contributed by atoms with Gasteiger partial charge in [0.15, 0.2) is 5.58 Å². The van der Waals surface area contributed by atoms with Crippen molar-refractivity contribution in [1.82, 2.24) is 8.87 Å². The Morgan fingerprint density at radius 3 is 2.38 bits per heavy atom. The molecule has 154 valence electrons. The van der Waals surface area contributed by atoms with Crippen LogP contribution in [0.25, 0.3) is 11.1 Å². The number of hydrogen-bond acceptors (Lipinski definition) is 5. The number of benzene rings is 2. The van der Waals surface area contributed by atoms with E-state index in [9.17, 15) is 18.0 Å². The van der Waals surface area contributed by atoms with Crippen molar-refractivity contribution >= 4 is 32.7 Å². The van der Waals surface area contributed by atoms with E-state index in [1.165, 1.54) is 27.1 Å². The summed E-state index contributed by atoms with van der Waals surface area (Å²) in [5.41, 5.74) is 2.16. The zero-order chi connectivity index (χ0) is 21.2. The van der Waals surface area contributed by atoms with Crippen LogP contribution in [0.1, 0.15) is 19.4 Å². The molecule has 9 heteroatoms. The maximum atomic E-state index is 12.7. The molecule has 0 saturated heterocycles. The molecule has 0 atom stereocenters. The predicted molar refractivity (Wildman–Crippen MR) is 110 cm³/mol. The second kappa shape index (κ2) is 8.22. The molecule has 1 N–H and O–H groups in total. The summed E-state index contributed by atoms with van der Waals surface area (Å²) < 4.78 is 33.0. The monoisotopic (exact) mass is 417 g/mol. The van der Waals surface area contributed by atoms with Gasteiger partial charge in [-0.25, -0.2) is 13.2 Å². The Bertz CT molecular complexity index is 1190. The maximum absolute atomic E-state index is 12.7. The number of oxazole rings is 1. The van der Waals surface area contributed by atoms with E-state index in [4.69, 9.17) is 4.42 Å². The summed E-state index contributed by atoms with van der Waals surface area (Å²) >= 11 is 0. The maximum Gasteiger partial charge on any atom is 0.420 e. The minimum absolute atomic E-state index is 0.0405. The largest absolute Gasteiger partial charge is 0.420 e. The topological polar surface area (TPSA) is 102 Å². The van der Waals surface area contributed by atoms with Crippen molar-refractivity contribution in [2.75, 3.05) is 18.4 Å². The predicted octanol–water partition coefficient (Wildman–Crippen LogP) is 2.57. The Morgan fingerprint density at radius 1 is 1.10 bits per heavy atom. The molecule has 1 aromatic heterocycles. The minimum atomic E-state index is -3.68. The quantitative estimate of drug-likeness (QED) is 0.637. The Hall–Kier alpha value is -2.91. The van der Waals surface area contributed by atoms with Crippen LogP contribution in [-0.4, -0.2) is 36.3 Å². The number of sulfonamides is 1. The van der Waals surface area contributed by atoms with E-state index in [1.54, 1.807) is 26.0 Å². The number of nitrogens with one attached hydrogen (secondary N) is 1. The van der Waals surface area contributed by atoms with E-state index in [2.05, 4.69) is 5.32 Å². The van der Waals surface area contributed by atoms with Gasteiger partial charge in [0.2, 0.25) is 15.9 Å². The summed E-state index contributed by atoms with van der Waals surface area (Å²) in [7, 11) is -3.68. The highest BCUT2D eigenvalue weighted by Gasteiger charge is 2.23. The summed E-state index contributed by atoms with van der Waals surface area (Å²) in [6.07, 6.45) is 0. The molecule has 1 heterocycles. The number of carbonyl (C=O) groups excluding carboxylic acids is 1. The van der Waals surface area contributed by atoms with E-state index in [0.717, 1.165) is 5.56 Å². The van der Waals surface area contributed by atoms with Gasteiger partial charge in [-0.2, -0.15) is 4.31 Å². The number of carbonyl (C=O) groups is 1. The van der Waals surface area contributed by atoms with Gasteiger partial charge in [0.05, 0.1) is 10.4 Å². The van der Waals surface area contributed by atoms with Crippen LogP contribution in [0, 0.1) is 6.92 Å². The smallest absolute Gasteiger partial charge is 0.408 e. The van der Waals surface area contributed by atoms with E-state index >= 15 is 0 Å². The summed E-state index contributed by atoms with van der Waals surface area (Å²) in [4.78, 5) is 24.6. The molecule has 0 aliphatic rings. The number of aromatic nitrogens is 1. The molecule has 0 bridgehead atoms. The van der Waals surface area contributed by atoms with Crippen LogP contribution in [0.5, 0.6) is 0 Å². The summed E-state index contributed by atoms with van der Waals surface area (Å²) in [6, 6.07) is 11.5. The van der Waals surface area contributed by atoms with Gasteiger partial charge in [0.1, 0.15) is 6.54 Å². The van der Waals surface area contributed by atoms with Crippen molar-refractivity contribution in [2.24, 2.45) is 0 Å². The molecule has 1 amide bonds. The van der Waals surface area contributed by atoms with Gasteiger partial charge in [0, 0.05) is 24.8 Å². The molecular formula is C20H23N3O5S. The molecular weight excluding hydrogens is 394 g/mol. The molecule has 0 spiro atoms. The lowest BCUT2D eigenvalue weighted by Crippen LogP contribution is -2.30. The SMILES string of the molecule is CCN(CC)S(=O)(=O)c1ccc2c(c1)oc(=O)n2CC(=O)Nc1ccc(C)cc1. The van der Waals surface area contributed by atoms with Gasteiger partial charge in [-0.15, -0.1) is 0 Å². The van der Waals surface area contributed by atoms with E-state index in [1.807, 2.05) is 19.1 Å². The summed E-state index contributed by atoms with van der Waals surface area (Å²) in [6.45, 7) is 5.87. The first-order valence-electron chi connectivity index (χ1n) is 9.26. The molecule has 0 aliphatic heterocycles. The first kappa shape index (κ1) is 20.8. The number of fused-ring (bicyclic) bond motifs is 1. The van der Waals surface area contributed by atoms with Gasteiger partial charge >= 0.3 is 5.76 Å². The van der Waals surface area contributed by atoms with Crippen LogP contribution in [-0.2, 0) is 21.4 Å². The zero-order valence-corrected chi connectivity index (χ0v) is 17.3. The molecule has 8 nitrogen and oxygen atoms in total. The van der Waals surface area contributed by atoms with Gasteiger partial charge in [-0.1, -0.05) is 31.5 Å². The lowest BCUT2D eigenvalue weighted by molar-refractivity contribution is -0.116.